The molecule has 3 aromatic heterocycles. The van der Waals surface area contributed by atoms with Crippen LogP contribution >= 0.6 is 0 Å². The van der Waals surface area contributed by atoms with Crippen molar-refractivity contribution in [1.29, 1.82) is 0 Å². The van der Waals surface area contributed by atoms with Crippen LogP contribution in [0.25, 0.3) is 17.0 Å². The maximum absolute atomic E-state index is 12.0. The number of carbonyl (C=O) groups is 1. The fourth-order valence-corrected chi connectivity index (χ4v) is 3.74. The number of nitrogens with one attached hydrogen (secondary N) is 2. The molecular formula is C19H21N7O. The second-order valence-corrected chi connectivity index (χ2v) is 7.01. The van der Waals surface area contributed by atoms with Crippen LogP contribution in [-0.2, 0) is 4.79 Å². The molecule has 1 amide bonds. The van der Waals surface area contributed by atoms with Gasteiger partial charge in [0, 0.05) is 25.6 Å². The van der Waals surface area contributed by atoms with Crippen molar-refractivity contribution < 1.29 is 4.79 Å². The summed E-state index contributed by atoms with van der Waals surface area (Å²) in [5.41, 5.74) is 2.46. The highest BCUT2D eigenvalue weighted by Gasteiger charge is 2.23. The molecule has 0 bridgehead atoms. The first-order valence-electron chi connectivity index (χ1n) is 9.36. The number of carbonyl (C=O) groups excluding carboxylic acids is 1. The first-order chi connectivity index (χ1) is 13.3. The van der Waals surface area contributed by atoms with E-state index in [4.69, 9.17) is 4.98 Å². The maximum atomic E-state index is 12.0. The molecule has 0 unspecified atom stereocenters. The number of fused-ring (bicyclic) bond motifs is 1. The molecule has 0 aromatic carbocycles. The zero-order valence-corrected chi connectivity index (χ0v) is 14.9. The summed E-state index contributed by atoms with van der Waals surface area (Å²) in [5, 5.41) is 6.84. The Morgan fingerprint density at radius 3 is 3.00 bits per heavy atom. The lowest BCUT2D eigenvalue weighted by atomic mass is 10.2. The Kier molecular flexibility index (Phi) is 3.97. The van der Waals surface area contributed by atoms with Crippen LogP contribution in [0.15, 0.2) is 36.8 Å². The monoisotopic (exact) mass is 363 g/mol. The molecule has 5 rings (SSSR count). The van der Waals surface area contributed by atoms with Gasteiger partial charge in [-0.1, -0.05) is 6.07 Å². The number of hydrogen-bond acceptors (Lipinski definition) is 6. The van der Waals surface area contributed by atoms with Crippen LogP contribution in [0.1, 0.15) is 19.3 Å². The molecule has 8 nitrogen and oxygen atoms in total. The van der Waals surface area contributed by atoms with Crippen LogP contribution in [0.4, 0.5) is 11.6 Å². The van der Waals surface area contributed by atoms with Crippen molar-refractivity contribution >= 4 is 23.2 Å². The van der Waals surface area contributed by atoms with E-state index in [1.54, 1.807) is 17.3 Å². The summed E-state index contributed by atoms with van der Waals surface area (Å²) >= 11 is 0. The van der Waals surface area contributed by atoms with Crippen molar-refractivity contribution in [2.24, 2.45) is 0 Å². The van der Waals surface area contributed by atoms with Gasteiger partial charge in [0.25, 0.3) is 0 Å². The number of rotatable bonds is 4. The number of pyridine rings is 1. The minimum Gasteiger partial charge on any atom is -0.366 e. The zero-order valence-electron chi connectivity index (χ0n) is 14.9. The van der Waals surface area contributed by atoms with Gasteiger partial charge < -0.3 is 10.6 Å². The number of imidazole rings is 1. The lowest BCUT2D eigenvalue weighted by Gasteiger charge is -2.15. The van der Waals surface area contributed by atoms with Crippen LogP contribution in [0.2, 0.25) is 0 Å². The van der Waals surface area contributed by atoms with Gasteiger partial charge in [-0.25, -0.2) is 15.0 Å². The van der Waals surface area contributed by atoms with Crippen LogP contribution < -0.4 is 15.5 Å². The van der Waals surface area contributed by atoms with Gasteiger partial charge >= 0.3 is 0 Å². The van der Waals surface area contributed by atoms with E-state index in [1.165, 1.54) is 0 Å². The number of aromatic nitrogens is 4. The molecule has 8 heteroatoms. The molecule has 2 N–H and O–H groups in total. The third kappa shape index (κ3) is 3.02. The lowest BCUT2D eigenvalue weighted by molar-refractivity contribution is -0.117. The number of nitrogens with zero attached hydrogens (tertiary/aromatic N) is 5. The van der Waals surface area contributed by atoms with Crippen molar-refractivity contribution in [2.45, 2.75) is 25.3 Å². The molecule has 1 atom stereocenters. The highest BCUT2D eigenvalue weighted by molar-refractivity contribution is 5.94. The van der Waals surface area contributed by atoms with Crippen molar-refractivity contribution in [3.8, 4) is 11.4 Å². The highest BCUT2D eigenvalue weighted by atomic mass is 16.2. The van der Waals surface area contributed by atoms with Crippen LogP contribution in [0.5, 0.6) is 0 Å². The first kappa shape index (κ1) is 16.2. The fourth-order valence-electron chi connectivity index (χ4n) is 3.74. The highest BCUT2D eigenvalue weighted by Crippen LogP contribution is 2.24. The molecule has 0 aliphatic carbocycles. The van der Waals surface area contributed by atoms with Crippen molar-refractivity contribution in [3.05, 3.63) is 36.8 Å². The zero-order chi connectivity index (χ0) is 18.2. The van der Waals surface area contributed by atoms with Gasteiger partial charge in [0.2, 0.25) is 5.91 Å². The third-order valence-electron chi connectivity index (χ3n) is 5.16. The Morgan fingerprint density at radius 2 is 2.19 bits per heavy atom. The molecule has 138 valence electrons. The average Bonchev–Trinajstić information content (AvgIpc) is 3.42. The molecule has 2 fully saturated rings. The van der Waals surface area contributed by atoms with Gasteiger partial charge in [-0.05, 0) is 31.5 Å². The molecule has 2 aliphatic rings. The van der Waals surface area contributed by atoms with Gasteiger partial charge in [0.15, 0.2) is 11.5 Å². The summed E-state index contributed by atoms with van der Waals surface area (Å²) in [6.07, 6.45) is 7.94. The summed E-state index contributed by atoms with van der Waals surface area (Å²) in [6.45, 7) is 2.71. The second-order valence-electron chi connectivity index (χ2n) is 7.01. The largest absolute Gasteiger partial charge is 0.366 e. The van der Waals surface area contributed by atoms with E-state index < -0.39 is 0 Å². The van der Waals surface area contributed by atoms with Crippen molar-refractivity contribution in [1.82, 2.24) is 24.7 Å². The van der Waals surface area contributed by atoms with E-state index >= 15 is 0 Å². The minimum atomic E-state index is 0.123. The smallest absolute Gasteiger partial charge is 0.228 e. The van der Waals surface area contributed by atoms with Gasteiger partial charge in [0.1, 0.15) is 5.82 Å². The molecule has 0 spiro atoms. The predicted octanol–water partition coefficient (Wildman–Crippen LogP) is 1.69. The molecule has 5 heterocycles. The molecule has 0 saturated carbocycles. The molecule has 27 heavy (non-hydrogen) atoms. The Labute approximate surface area is 156 Å². The topological polar surface area (TPSA) is 87.5 Å². The van der Waals surface area contributed by atoms with E-state index in [0.29, 0.717) is 24.8 Å². The van der Waals surface area contributed by atoms with Crippen LogP contribution in [-0.4, -0.2) is 50.9 Å². The van der Waals surface area contributed by atoms with Crippen LogP contribution in [0, 0.1) is 0 Å². The maximum Gasteiger partial charge on any atom is 0.228 e. The first-order valence-corrected chi connectivity index (χ1v) is 9.36. The van der Waals surface area contributed by atoms with Crippen molar-refractivity contribution in [2.75, 3.05) is 29.9 Å². The Hall–Kier alpha value is -3.00. The molecule has 3 aromatic rings. The molecule has 2 aliphatic heterocycles. The summed E-state index contributed by atoms with van der Waals surface area (Å²) in [5.74, 6) is 1.65. The van der Waals surface area contributed by atoms with E-state index in [0.717, 1.165) is 48.8 Å². The Bertz CT molecular complexity index is 993. The molecular weight excluding hydrogens is 342 g/mol. The third-order valence-corrected chi connectivity index (χ3v) is 5.16. The van der Waals surface area contributed by atoms with Gasteiger partial charge in [-0.2, -0.15) is 0 Å². The number of amides is 1. The lowest BCUT2D eigenvalue weighted by Crippen LogP contribution is -2.25. The normalized spacial score (nSPS) is 19.9. The van der Waals surface area contributed by atoms with Crippen molar-refractivity contribution in [3.63, 3.8) is 0 Å². The number of hydrogen-bond donors (Lipinski definition) is 2. The second kappa shape index (κ2) is 6.62. The number of anilines is 2. The Balaban J connectivity index is 1.50. The van der Waals surface area contributed by atoms with Gasteiger partial charge in [-0.15, -0.1) is 0 Å². The summed E-state index contributed by atoms with van der Waals surface area (Å²) < 4.78 is 1.96. The SMILES string of the molecule is O=C1CCCN1c1cn2c(-c3cccc(N[C@@H]4CCNC4)n3)cnc2cn1. The average molecular weight is 363 g/mol. The standard InChI is InChI=1S/C19H21N7O/c27-19-5-2-8-25(19)18-12-26-15(10-21-17(26)11-22-18)14-3-1-4-16(24-14)23-13-6-7-20-9-13/h1,3-4,10-13,20H,2,5-9H2,(H,23,24)/t13-/m1/s1. The van der Waals surface area contributed by atoms with E-state index in [2.05, 4.69) is 20.6 Å². The van der Waals surface area contributed by atoms with Crippen LogP contribution in [0.3, 0.4) is 0 Å². The van der Waals surface area contributed by atoms with E-state index in [-0.39, 0.29) is 5.91 Å². The Morgan fingerprint density at radius 1 is 1.22 bits per heavy atom. The van der Waals surface area contributed by atoms with E-state index in [9.17, 15) is 4.79 Å². The summed E-state index contributed by atoms with van der Waals surface area (Å²) in [7, 11) is 0. The quantitative estimate of drug-likeness (QED) is 0.734. The summed E-state index contributed by atoms with van der Waals surface area (Å²) in [4.78, 5) is 27.4. The fraction of sp³-hybridized carbons (Fsp3) is 0.368. The molecule has 0 radical (unpaired) electrons. The van der Waals surface area contributed by atoms with E-state index in [1.807, 2.05) is 28.8 Å². The summed E-state index contributed by atoms with van der Waals surface area (Å²) in [6, 6.07) is 6.37. The van der Waals surface area contributed by atoms with Gasteiger partial charge in [-0.3, -0.25) is 14.1 Å². The minimum absolute atomic E-state index is 0.123. The predicted molar refractivity (Wildman–Crippen MR) is 103 cm³/mol. The molecule has 2 saturated heterocycles. The van der Waals surface area contributed by atoms with Gasteiger partial charge in [0.05, 0.1) is 30.0 Å².